The summed E-state index contributed by atoms with van der Waals surface area (Å²) < 4.78 is 16.0. The summed E-state index contributed by atoms with van der Waals surface area (Å²) in [5, 5.41) is 70.4. The van der Waals surface area contributed by atoms with Crippen molar-refractivity contribution in [2.24, 2.45) is 0 Å². The number of ether oxygens (including phenoxy) is 3. The number of hydrogen-bond donors (Lipinski definition) is 7. The summed E-state index contributed by atoms with van der Waals surface area (Å²) in [6, 6.07) is 9.06. The summed E-state index contributed by atoms with van der Waals surface area (Å²) in [6.07, 6.45) is -14.1. The molecule has 2 heterocycles. The molecule has 164 valence electrons. The van der Waals surface area contributed by atoms with Gasteiger partial charge in [0, 0.05) is 6.42 Å². The van der Waals surface area contributed by atoms with Gasteiger partial charge in [0.2, 0.25) is 0 Å². The first kappa shape index (κ1) is 22.5. The fourth-order valence-corrected chi connectivity index (χ4v) is 3.61. The molecule has 29 heavy (non-hydrogen) atoms. The molecule has 0 spiro atoms. The van der Waals surface area contributed by atoms with Crippen molar-refractivity contribution in [3.63, 3.8) is 0 Å². The van der Waals surface area contributed by atoms with E-state index in [4.69, 9.17) is 14.2 Å². The molecule has 10 atom stereocenters. The molecule has 2 saturated heterocycles. The zero-order valence-electron chi connectivity index (χ0n) is 15.6. The zero-order chi connectivity index (χ0) is 21.1. The third-order valence-corrected chi connectivity index (χ3v) is 5.34. The predicted molar refractivity (Wildman–Crippen MR) is 96.3 cm³/mol. The van der Waals surface area contributed by atoms with Crippen LogP contribution in [0.25, 0.3) is 0 Å². The summed E-state index contributed by atoms with van der Waals surface area (Å²) in [7, 11) is 0. The highest BCUT2D eigenvalue weighted by atomic mass is 16.6. The van der Waals surface area contributed by atoms with Crippen LogP contribution in [0.3, 0.4) is 0 Å². The van der Waals surface area contributed by atoms with Crippen molar-refractivity contribution in [1.29, 1.82) is 0 Å². The maximum Gasteiger partial charge on any atom is 0.183 e. The van der Waals surface area contributed by atoms with E-state index < -0.39 is 61.2 Å². The molecule has 1 aromatic rings. The van der Waals surface area contributed by atoms with E-state index in [0.29, 0.717) is 0 Å². The first-order valence-electron chi connectivity index (χ1n) is 9.48. The molecule has 3 rings (SSSR count). The molecule has 10 nitrogen and oxygen atoms in total. The Kier molecular flexibility index (Phi) is 7.57. The Hall–Kier alpha value is -1.18. The molecular formula is C19H28O10. The summed E-state index contributed by atoms with van der Waals surface area (Å²) in [4.78, 5) is 0. The Bertz CT molecular complexity index is 631. The topological polar surface area (TPSA) is 169 Å². The van der Waals surface area contributed by atoms with Gasteiger partial charge in [-0.25, -0.2) is 0 Å². The van der Waals surface area contributed by atoms with Crippen LogP contribution < -0.4 is 0 Å². The van der Waals surface area contributed by atoms with Crippen LogP contribution in [0.15, 0.2) is 30.3 Å². The standard InChI is InChI=1S/C19H28O10/c20-10(17-15(24)13(22)11(21)8-28-17)6-12-14(23)18(16(25)19(26)29-12)27-7-9-4-2-1-3-5-9/h1-5,10-26H,6-8H2/t10-,11-,12-,13+,14-,15-,16-,17+,18+,19?/m1/s1. The maximum absolute atomic E-state index is 10.6. The minimum Gasteiger partial charge on any atom is -0.390 e. The second-order valence-corrected chi connectivity index (χ2v) is 7.46. The number of aliphatic hydroxyl groups excluding tert-OH is 7. The van der Waals surface area contributed by atoms with E-state index in [9.17, 15) is 35.7 Å². The first-order valence-corrected chi connectivity index (χ1v) is 9.48. The fraction of sp³-hybridized carbons (Fsp3) is 0.684. The Morgan fingerprint density at radius 1 is 0.931 bits per heavy atom. The van der Waals surface area contributed by atoms with Gasteiger partial charge in [0.15, 0.2) is 6.29 Å². The first-order chi connectivity index (χ1) is 13.8. The molecule has 2 fully saturated rings. The monoisotopic (exact) mass is 416 g/mol. The Balaban J connectivity index is 1.62. The molecule has 1 aromatic carbocycles. The van der Waals surface area contributed by atoms with E-state index in [1.54, 1.807) is 12.1 Å². The van der Waals surface area contributed by atoms with Crippen molar-refractivity contribution in [1.82, 2.24) is 0 Å². The average Bonchev–Trinajstić information content (AvgIpc) is 2.71. The van der Waals surface area contributed by atoms with Gasteiger partial charge >= 0.3 is 0 Å². The van der Waals surface area contributed by atoms with Gasteiger partial charge in [-0.05, 0) is 5.56 Å². The van der Waals surface area contributed by atoms with E-state index in [-0.39, 0.29) is 19.6 Å². The third kappa shape index (κ3) is 5.12. The average molecular weight is 416 g/mol. The Morgan fingerprint density at radius 3 is 2.31 bits per heavy atom. The molecule has 2 aliphatic heterocycles. The molecule has 0 bridgehead atoms. The van der Waals surface area contributed by atoms with E-state index in [2.05, 4.69) is 0 Å². The smallest absolute Gasteiger partial charge is 0.183 e. The highest BCUT2D eigenvalue weighted by molar-refractivity contribution is 5.13. The number of benzene rings is 1. The van der Waals surface area contributed by atoms with Crippen LogP contribution in [-0.2, 0) is 20.8 Å². The molecular weight excluding hydrogens is 388 g/mol. The second-order valence-electron chi connectivity index (χ2n) is 7.46. The van der Waals surface area contributed by atoms with Gasteiger partial charge in [-0.3, -0.25) is 0 Å². The quantitative estimate of drug-likeness (QED) is 0.258. The number of rotatable bonds is 6. The normalized spacial score (nSPS) is 41.8. The summed E-state index contributed by atoms with van der Waals surface area (Å²) in [6.45, 7) is -0.200. The molecule has 0 saturated carbocycles. The molecule has 10 heteroatoms. The molecule has 7 N–H and O–H groups in total. The third-order valence-electron chi connectivity index (χ3n) is 5.34. The SMILES string of the molecule is OC1O[C@H](C[C@@H](O)[C@@H]2OC[C@@H](O)[C@H](O)[C@H]2O)[C@@H](O)[C@H](OCc2ccccc2)[C@H]1O. The van der Waals surface area contributed by atoms with Gasteiger partial charge in [0.1, 0.15) is 42.7 Å². The summed E-state index contributed by atoms with van der Waals surface area (Å²) in [5.41, 5.74) is 0.802. The van der Waals surface area contributed by atoms with Gasteiger partial charge in [0.05, 0.1) is 25.4 Å². The van der Waals surface area contributed by atoms with Crippen LogP contribution in [0.4, 0.5) is 0 Å². The summed E-state index contributed by atoms with van der Waals surface area (Å²) >= 11 is 0. The highest BCUT2D eigenvalue weighted by Gasteiger charge is 2.47. The molecule has 0 aromatic heterocycles. The lowest BCUT2D eigenvalue weighted by Gasteiger charge is -2.43. The lowest BCUT2D eigenvalue weighted by atomic mass is 9.89. The van der Waals surface area contributed by atoms with Crippen molar-refractivity contribution < 1.29 is 50.0 Å². The summed E-state index contributed by atoms with van der Waals surface area (Å²) in [5.74, 6) is 0. The van der Waals surface area contributed by atoms with Crippen molar-refractivity contribution in [2.45, 2.75) is 74.3 Å². The molecule has 0 amide bonds. The van der Waals surface area contributed by atoms with Crippen LogP contribution in [0, 0.1) is 0 Å². The fourth-order valence-electron chi connectivity index (χ4n) is 3.61. The van der Waals surface area contributed by atoms with Gasteiger partial charge in [-0.1, -0.05) is 30.3 Å². The molecule has 0 radical (unpaired) electrons. The van der Waals surface area contributed by atoms with Crippen molar-refractivity contribution in [2.75, 3.05) is 6.61 Å². The van der Waals surface area contributed by atoms with E-state index in [1.807, 2.05) is 18.2 Å². The van der Waals surface area contributed by atoms with E-state index >= 15 is 0 Å². The minimum absolute atomic E-state index is 0.0795. The van der Waals surface area contributed by atoms with Crippen LogP contribution in [-0.4, -0.2) is 104 Å². The molecule has 1 unspecified atom stereocenters. The van der Waals surface area contributed by atoms with Crippen LogP contribution in [0.1, 0.15) is 12.0 Å². The molecule has 0 aliphatic carbocycles. The van der Waals surface area contributed by atoms with E-state index in [1.165, 1.54) is 0 Å². The highest BCUT2D eigenvalue weighted by Crippen LogP contribution is 2.28. The van der Waals surface area contributed by atoms with Crippen molar-refractivity contribution in [3.8, 4) is 0 Å². The van der Waals surface area contributed by atoms with Gasteiger partial charge in [0.25, 0.3) is 0 Å². The van der Waals surface area contributed by atoms with Gasteiger partial charge in [-0.15, -0.1) is 0 Å². The predicted octanol–water partition coefficient (Wildman–Crippen LogP) is -2.76. The maximum atomic E-state index is 10.6. The van der Waals surface area contributed by atoms with Crippen LogP contribution >= 0.6 is 0 Å². The Morgan fingerprint density at radius 2 is 1.62 bits per heavy atom. The van der Waals surface area contributed by atoms with E-state index in [0.717, 1.165) is 5.56 Å². The van der Waals surface area contributed by atoms with Crippen molar-refractivity contribution in [3.05, 3.63) is 35.9 Å². The number of aliphatic hydroxyl groups is 7. The van der Waals surface area contributed by atoms with Crippen LogP contribution in [0.5, 0.6) is 0 Å². The number of hydrogen-bond acceptors (Lipinski definition) is 10. The van der Waals surface area contributed by atoms with Gasteiger partial charge < -0.3 is 50.0 Å². The van der Waals surface area contributed by atoms with Crippen LogP contribution in [0.2, 0.25) is 0 Å². The minimum atomic E-state index is -1.65. The second kappa shape index (κ2) is 9.75. The Labute approximate surface area is 167 Å². The lowest BCUT2D eigenvalue weighted by Crippen LogP contribution is -2.61. The van der Waals surface area contributed by atoms with Gasteiger partial charge in [-0.2, -0.15) is 0 Å². The largest absolute Gasteiger partial charge is 0.390 e. The van der Waals surface area contributed by atoms with Crippen molar-refractivity contribution >= 4 is 0 Å². The zero-order valence-corrected chi connectivity index (χ0v) is 15.6. The molecule has 2 aliphatic rings. The lowest BCUT2D eigenvalue weighted by molar-refractivity contribution is -0.298.